The molecule has 0 N–H and O–H groups in total. The summed E-state index contributed by atoms with van der Waals surface area (Å²) in [6, 6.07) is 0. The molecule has 0 heterocycles. The minimum Gasteiger partial charge on any atom is -0.370 e. The molecule has 0 saturated heterocycles. The number of rotatable bonds is 17. The van der Waals surface area contributed by atoms with E-state index in [1.807, 2.05) is 0 Å². The zero-order valence-corrected chi connectivity index (χ0v) is 17.9. The van der Waals surface area contributed by atoms with Crippen molar-refractivity contribution in [2.45, 2.75) is 71.1 Å². The van der Waals surface area contributed by atoms with Gasteiger partial charge in [-0.25, -0.2) is 0 Å². The Morgan fingerprint density at radius 3 is 1.50 bits per heavy atom. The minimum absolute atomic E-state index is 0.877. The summed E-state index contributed by atoms with van der Waals surface area (Å²) in [6.07, 6.45) is 14.2. The largest absolute Gasteiger partial charge is 0.370 e. The van der Waals surface area contributed by atoms with Crippen LogP contribution < -0.4 is 0 Å². The third-order valence-corrected chi connectivity index (χ3v) is 4.86. The molecule has 0 spiro atoms. The van der Waals surface area contributed by atoms with Gasteiger partial charge in [-0.1, -0.05) is 58.3 Å². The van der Waals surface area contributed by atoms with Crippen LogP contribution in [0.5, 0.6) is 0 Å². The molecule has 0 radical (unpaired) electrons. The highest BCUT2D eigenvalue weighted by Gasteiger charge is 2.14. The molecule has 0 unspecified atom stereocenters. The van der Waals surface area contributed by atoms with E-state index in [-0.39, 0.29) is 0 Å². The van der Waals surface area contributed by atoms with Gasteiger partial charge >= 0.3 is 0 Å². The van der Waals surface area contributed by atoms with E-state index in [2.05, 4.69) is 42.2 Å². The fourth-order valence-corrected chi connectivity index (χ4v) is 2.89. The van der Waals surface area contributed by atoms with E-state index < -0.39 is 0 Å². The second kappa shape index (κ2) is 14.1. The maximum absolute atomic E-state index is 5.81. The van der Waals surface area contributed by atoms with Crippen LogP contribution in [0.3, 0.4) is 0 Å². The first-order valence-corrected chi connectivity index (χ1v) is 10.5. The number of ether oxygens (including phenoxy) is 1. The van der Waals surface area contributed by atoms with Crippen LogP contribution in [0.4, 0.5) is 0 Å². The first kappa shape index (κ1) is 23.9. The minimum atomic E-state index is 0.877. The van der Waals surface area contributed by atoms with Crippen LogP contribution in [0.2, 0.25) is 0 Å². The van der Waals surface area contributed by atoms with Gasteiger partial charge in [0.2, 0.25) is 0 Å². The molecule has 0 fully saturated rings. The highest BCUT2D eigenvalue weighted by molar-refractivity contribution is 4.48. The quantitative estimate of drug-likeness (QED) is 0.274. The molecular weight excluding hydrogens is 296 g/mol. The highest BCUT2D eigenvalue weighted by Crippen LogP contribution is 2.11. The Hall–Kier alpha value is -0.120. The van der Waals surface area contributed by atoms with E-state index in [4.69, 9.17) is 4.74 Å². The molecule has 0 amide bonds. The summed E-state index contributed by atoms with van der Waals surface area (Å²) in [5.41, 5.74) is 0. The lowest BCUT2D eigenvalue weighted by molar-refractivity contribution is -0.891. The van der Waals surface area contributed by atoms with E-state index in [1.54, 1.807) is 0 Å². The third-order valence-electron chi connectivity index (χ3n) is 4.86. The fourth-order valence-electron chi connectivity index (χ4n) is 2.89. The van der Waals surface area contributed by atoms with Crippen LogP contribution in [-0.4, -0.2) is 77.1 Å². The average Bonchev–Trinajstić information content (AvgIpc) is 2.47. The number of likely N-dealkylation sites (N-methyl/N-ethyl adjacent to an activating group) is 2. The predicted octanol–water partition coefficient (Wildman–Crippen LogP) is 4.71. The summed E-state index contributed by atoms with van der Waals surface area (Å²) < 4.78 is 7.90. The SMILES string of the molecule is CCCCCCCCCCCC[N+](C)(C)CCOCC[N+](C)(C)C. The predicted molar refractivity (Wildman–Crippen MR) is 107 cm³/mol. The Morgan fingerprint density at radius 1 is 0.542 bits per heavy atom. The van der Waals surface area contributed by atoms with Crippen molar-refractivity contribution in [3.8, 4) is 0 Å². The van der Waals surface area contributed by atoms with Gasteiger partial charge in [0.25, 0.3) is 0 Å². The summed E-state index contributed by atoms with van der Waals surface area (Å²) in [5.74, 6) is 0. The molecule has 0 aromatic rings. The van der Waals surface area contributed by atoms with Crippen LogP contribution in [-0.2, 0) is 4.74 Å². The van der Waals surface area contributed by atoms with E-state index in [1.165, 1.54) is 70.8 Å². The lowest BCUT2D eigenvalue weighted by Crippen LogP contribution is -2.43. The standard InChI is InChI=1S/C21H48N2O/c1-7-8-9-10-11-12-13-14-15-16-17-23(5,6)19-21-24-20-18-22(2,3)4/h7-21H2,1-6H3/q+2. The van der Waals surface area contributed by atoms with Crippen molar-refractivity contribution in [1.82, 2.24) is 0 Å². The van der Waals surface area contributed by atoms with Crippen molar-refractivity contribution < 1.29 is 13.7 Å². The molecule has 0 bridgehead atoms. The van der Waals surface area contributed by atoms with Crippen LogP contribution >= 0.6 is 0 Å². The van der Waals surface area contributed by atoms with Crippen LogP contribution in [0, 0.1) is 0 Å². The average molecular weight is 345 g/mol. The number of quaternary nitrogens is 2. The molecule has 0 aliphatic carbocycles. The molecule has 0 saturated carbocycles. The zero-order valence-electron chi connectivity index (χ0n) is 17.9. The highest BCUT2D eigenvalue weighted by atomic mass is 16.5. The zero-order chi connectivity index (χ0) is 18.3. The smallest absolute Gasteiger partial charge is 0.102 e. The lowest BCUT2D eigenvalue weighted by Gasteiger charge is -2.30. The van der Waals surface area contributed by atoms with Gasteiger partial charge in [0, 0.05) is 0 Å². The molecule has 24 heavy (non-hydrogen) atoms. The van der Waals surface area contributed by atoms with E-state index >= 15 is 0 Å². The molecule has 146 valence electrons. The van der Waals surface area contributed by atoms with Gasteiger partial charge < -0.3 is 13.7 Å². The van der Waals surface area contributed by atoms with Gasteiger partial charge in [0.15, 0.2) is 0 Å². The van der Waals surface area contributed by atoms with Crippen molar-refractivity contribution >= 4 is 0 Å². The molecule has 0 atom stereocenters. The fraction of sp³-hybridized carbons (Fsp3) is 1.00. The second-order valence-electron chi connectivity index (χ2n) is 9.19. The Morgan fingerprint density at radius 2 is 1.00 bits per heavy atom. The van der Waals surface area contributed by atoms with E-state index in [0.717, 1.165) is 35.3 Å². The van der Waals surface area contributed by atoms with Crippen molar-refractivity contribution in [2.24, 2.45) is 0 Å². The number of nitrogens with zero attached hydrogens (tertiary/aromatic N) is 2. The van der Waals surface area contributed by atoms with E-state index in [0.29, 0.717) is 0 Å². The monoisotopic (exact) mass is 344 g/mol. The lowest BCUT2D eigenvalue weighted by atomic mass is 10.1. The molecule has 0 aliphatic heterocycles. The van der Waals surface area contributed by atoms with Gasteiger partial charge in [-0.3, -0.25) is 0 Å². The summed E-state index contributed by atoms with van der Waals surface area (Å²) in [4.78, 5) is 0. The Balaban J connectivity index is 3.41. The first-order valence-electron chi connectivity index (χ1n) is 10.5. The topological polar surface area (TPSA) is 9.23 Å². The Labute approximate surface area is 153 Å². The van der Waals surface area contributed by atoms with Crippen molar-refractivity contribution in [1.29, 1.82) is 0 Å². The maximum atomic E-state index is 5.81. The second-order valence-corrected chi connectivity index (χ2v) is 9.19. The van der Waals surface area contributed by atoms with Crippen molar-refractivity contribution in [3.05, 3.63) is 0 Å². The Kier molecular flexibility index (Phi) is 14.0. The Bertz CT molecular complexity index is 272. The normalized spacial score (nSPS) is 12.8. The van der Waals surface area contributed by atoms with Gasteiger partial charge in [-0.05, 0) is 12.8 Å². The van der Waals surface area contributed by atoms with Gasteiger partial charge in [0.05, 0.1) is 55.0 Å². The van der Waals surface area contributed by atoms with Crippen molar-refractivity contribution in [3.63, 3.8) is 0 Å². The summed E-state index contributed by atoms with van der Waals surface area (Å²) in [7, 11) is 11.3. The summed E-state index contributed by atoms with van der Waals surface area (Å²) >= 11 is 0. The molecule has 0 rings (SSSR count). The van der Waals surface area contributed by atoms with E-state index in [9.17, 15) is 0 Å². The maximum Gasteiger partial charge on any atom is 0.102 e. The van der Waals surface area contributed by atoms with Crippen LogP contribution in [0.1, 0.15) is 71.1 Å². The molecular formula is C21H48N2O+2. The van der Waals surface area contributed by atoms with Gasteiger partial charge in [0.1, 0.15) is 13.1 Å². The molecule has 0 aromatic carbocycles. The van der Waals surface area contributed by atoms with Gasteiger partial charge in [-0.15, -0.1) is 0 Å². The molecule has 3 nitrogen and oxygen atoms in total. The molecule has 0 aromatic heterocycles. The third kappa shape index (κ3) is 18.2. The number of hydrogen-bond donors (Lipinski definition) is 0. The van der Waals surface area contributed by atoms with Crippen LogP contribution in [0.15, 0.2) is 0 Å². The number of hydrogen-bond acceptors (Lipinski definition) is 1. The summed E-state index contributed by atoms with van der Waals surface area (Å²) in [6.45, 7) is 7.57. The summed E-state index contributed by atoms with van der Waals surface area (Å²) in [5, 5.41) is 0. The van der Waals surface area contributed by atoms with Crippen molar-refractivity contribution in [2.75, 3.05) is 68.1 Å². The molecule has 0 aliphatic rings. The molecule has 3 heteroatoms. The van der Waals surface area contributed by atoms with Crippen LogP contribution in [0.25, 0.3) is 0 Å². The van der Waals surface area contributed by atoms with Gasteiger partial charge in [-0.2, -0.15) is 0 Å². The first-order chi connectivity index (χ1) is 11.3. The number of unbranched alkanes of at least 4 members (excludes halogenated alkanes) is 9.